The normalized spacial score (nSPS) is 11.0. The predicted molar refractivity (Wildman–Crippen MR) is 87.6 cm³/mol. The molecule has 22 heavy (non-hydrogen) atoms. The Morgan fingerprint density at radius 3 is 3.00 bits per heavy atom. The molecule has 0 aliphatic carbocycles. The maximum Gasteiger partial charge on any atom is 0.221 e. The van der Waals surface area contributed by atoms with Crippen molar-refractivity contribution in [2.45, 2.75) is 46.1 Å². The van der Waals surface area contributed by atoms with Crippen molar-refractivity contribution in [1.29, 1.82) is 0 Å². The zero-order valence-electron chi connectivity index (χ0n) is 13.4. The SMILES string of the molecule is CCCCc1nc2cc(C)cnc2n1CCC(=O)NCCN. The van der Waals surface area contributed by atoms with Gasteiger partial charge in [-0.25, -0.2) is 9.97 Å². The Labute approximate surface area is 131 Å². The van der Waals surface area contributed by atoms with Crippen LogP contribution < -0.4 is 11.1 Å². The first-order valence-corrected chi connectivity index (χ1v) is 7.94. The van der Waals surface area contributed by atoms with Crippen LogP contribution in [0.25, 0.3) is 11.2 Å². The molecule has 6 heteroatoms. The molecule has 0 radical (unpaired) electrons. The molecule has 0 aromatic carbocycles. The lowest BCUT2D eigenvalue weighted by Crippen LogP contribution is -2.29. The van der Waals surface area contributed by atoms with Gasteiger partial charge in [0.15, 0.2) is 5.65 Å². The average molecular weight is 303 g/mol. The van der Waals surface area contributed by atoms with E-state index in [0.29, 0.717) is 26.1 Å². The second-order valence-electron chi connectivity index (χ2n) is 5.53. The molecule has 0 spiro atoms. The molecule has 0 saturated heterocycles. The van der Waals surface area contributed by atoms with Gasteiger partial charge in [-0.2, -0.15) is 0 Å². The third-order valence-corrected chi connectivity index (χ3v) is 3.58. The van der Waals surface area contributed by atoms with Crippen molar-refractivity contribution in [3.8, 4) is 0 Å². The second kappa shape index (κ2) is 7.89. The third kappa shape index (κ3) is 4.04. The number of aryl methyl sites for hydroxylation is 3. The molecule has 0 aliphatic rings. The first kappa shape index (κ1) is 16.4. The molecule has 0 saturated carbocycles. The van der Waals surface area contributed by atoms with Gasteiger partial charge in [0.25, 0.3) is 0 Å². The van der Waals surface area contributed by atoms with E-state index in [0.717, 1.165) is 41.8 Å². The lowest BCUT2D eigenvalue weighted by atomic mass is 10.2. The minimum Gasteiger partial charge on any atom is -0.355 e. The maximum absolute atomic E-state index is 11.8. The Kier molecular flexibility index (Phi) is 5.89. The molecule has 3 N–H and O–H groups in total. The molecule has 2 aromatic rings. The van der Waals surface area contributed by atoms with Gasteiger partial charge in [0.1, 0.15) is 11.3 Å². The van der Waals surface area contributed by atoms with Crippen LogP contribution in [0.5, 0.6) is 0 Å². The van der Waals surface area contributed by atoms with Gasteiger partial charge in [0.05, 0.1) is 0 Å². The predicted octanol–water partition coefficient (Wildman–Crippen LogP) is 1.55. The van der Waals surface area contributed by atoms with E-state index in [1.165, 1.54) is 0 Å². The van der Waals surface area contributed by atoms with Gasteiger partial charge in [0, 0.05) is 38.7 Å². The van der Waals surface area contributed by atoms with Crippen LogP contribution in [0.15, 0.2) is 12.3 Å². The quantitative estimate of drug-likeness (QED) is 0.774. The number of carbonyl (C=O) groups is 1. The first-order valence-electron chi connectivity index (χ1n) is 7.94. The van der Waals surface area contributed by atoms with Crippen molar-refractivity contribution in [1.82, 2.24) is 19.9 Å². The zero-order chi connectivity index (χ0) is 15.9. The number of rotatable bonds is 8. The summed E-state index contributed by atoms with van der Waals surface area (Å²) in [6, 6.07) is 2.04. The van der Waals surface area contributed by atoms with E-state index >= 15 is 0 Å². The number of pyridine rings is 1. The number of hydrogen-bond donors (Lipinski definition) is 2. The minimum atomic E-state index is 0.0147. The van der Waals surface area contributed by atoms with E-state index < -0.39 is 0 Å². The summed E-state index contributed by atoms with van der Waals surface area (Å²) in [5.74, 6) is 1.03. The van der Waals surface area contributed by atoms with E-state index in [4.69, 9.17) is 10.7 Å². The molecule has 0 unspecified atom stereocenters. The summed E-state index contributed by atoms with van der Waals surface area (Å²) >= 11 is 0. The lowest BCUT2D eigenvalue weighted by molar-refractivity contribution is -0.121. The van der Waals surface area contributed by atoms with Crippen molar-refractivity contribution >= 4 is 17.1 Å². The molecule has 0 fully saturated rings. The van der Waals surface area contributed by atoms with Gasteiger partial charge in [-0.1, -0.05) is 13.3 Å². The number of nitrogens with zero attached hydrogens (tertiary/aromatic N) is 3. The Morgan fingerprint density at radius 2 is 2.27 bits per heavy atom. The zero-order valence-corrected chi connectivity index (χ0v) is 13.4. The highest BCUT2D eigenvalue weighted by atomic mass is 16.1. The molecule has 120 valence electrons. The van der Waals surface area contributed by atoms with E-state index in [-0.39, 0.29) is 5.91 Å². The van der Waals surface area contributed by atoms with Crippen LogP contribution in [0.4, 0.5) is 0 Å². The number of amides is 1. The van der Waals surface area contributed by atoms with Gasteiger partial charge in [-0.05, 0) is 25.0 Å². The lowest BCUT2D eigenvalue weighted by Gasteiger charge is -2.09. The number of hydrogen-bond acceptors (Lipinski definition) is 4. The number of carbonyl (C=O) groups excluding carboxylic acids is 1. The van der Waals surface area contributed by atoms with Gasteiger partial charge < -0.3 is 15.6 Å². The molecular weight excluding hydrogens is 278 g/mol. The summed E-state index contributed by atoms with van der Waals surface area (Å²) in [7, 11) is 0. The smallest absolute Gasteiger partial charge is 0.221 e. The van der Waals surface area contributed by atoms with Gasteiger partial charge in [-0.3, -0.25) is 4.79 Å². The topological polar surface area (TPSA) is 85.8 Å². The van der Waals surface area contributed by atoms with E-state index in [2.05, 4.69) is 21.8 Å². The molecule has 2 aromatic heterocycles. The van der Waals surface area contributed by atoms with E-state index in [1.54, 1.807) is 0 Å². The van der Waals surface area contributed by atoms with Crippen molar-refractivity contribution in [3.63, 3.8) is 0 Å². The second-order valence-corrected chi connectivity index (χ2v) is 5.53. The van der Waals surface area contributed by atoms with Crippen molar-refractivity contribution in [2.75, 3.05) is 13.1 Å². The van der Waals surface area contributed by atoms with E-state index in [9.17, 15) is 4.79 Å². The third-order valence-electron chi connectivity index (χ3n) is 3.58. The van der Waals surface area contributed by atoms with Crippen molar-refractivity contribution in [3.05, 3.63) is 23.7 Å². The Bertz CT molecular complexity index is 635. The number of nitrogens with one attached hydrogen (secondary N) is 1. The summed E-state index contributed by atoms with van der Waals surface area (Å²) in [5, 5.41) is 2.80. The van der Waals surface area contributed by atoms with Crippen LogP contribution in [-0.2, 0) is 17.8 Å². The van der Waals surface area contributed by atoms with Crippen LogP contribution >= 0.6 is 0 Å². The molecule has 2 rings (SSSR count). The molecule has 0 bridgehead atoms. The number of imidazole rings is 1. The molecule has 6 nitrogen and oxygen atoms in total. The highest BCUT2D eigenvalue weighted by Crippen LogP contribution is 2.17. The maximum atomic E-state index is 11.8. The van der Waals surface area contributed by atoms with Gasteiger partial charge in [0.2, 0.25) is 5.91 Å². The molecule has 1 amide bonds. The van der Waals surface area contributed by atoms with Crippen LogP contribution in [0.3, 0.4) is 0 Å². The number of aromatic nitrogens is 3. The average Bonchev–Trinajstić information content (AvgIpc) is 2.85. The van der Waals surface area contributed by atoms with E-state index in [1.807, 2.05) is 19.2 Å². The fraction of sp³-hybridized carbons (Fsp3) is 0.562. The molecule has 2 heterocycles. The monoisotopic (exact) mass is 303 g/mol. The Morgan fingerprint density at radius 1 is 1.45 bits per heavy atom. The van der Waals surface area contributed by atoms with Crippen molar-refractivity contribution in [2.24, 2.45) is 5.73 Å². The van der Waals surface area contributed by atoms with Gasteiger partial charge >= 0.3 is 0 Å². The number of nitrogens with two attached hydrogens (primary N) is 1. The Balaban J connectivity index is 2.19. The van der Waals surface area contributed by atoms with Crippen LogP contribution in [0, 0.1) is 6.92 Å². The minimum absolute atomic E-state index is 0.0147. The fourth-order valence-corrected chi connectivity index (χ4v) is 2.43. The summed E-state index contributed by atoms with van der Waals surface area (Å²) in [6.07, 6.45) is 5.38. The summed E-state index contributed by atoms with van der Waals surface area (Å²) in [4.78, 5) is 21.0. The molecule has 0 atom stereocenters. The van der Waals surface area contributed by atoms with Gasteiger partial charge in [-0.15, -0.1) is 0 Å². The van der Waals surface area contributed by atoms with Crippen LogP contribution in [0.2, 0.25) is 0 Å². The van der Waals surface area contributed by atoms with Crippen molar-refractivity contribution < 1.29 is 4.79 Å². The molecular formula is C16H25N5O. The highest BCUT2D eigenvalue weighted by Gasteiger charge is 2.13. The number of unbranched alkanes of at least 4 members (excludes halogenated alkanes) is 1. The Hall–Kier alpha value is -1.95. The standard InChI is InChI=1S/C16H25N5O/c1-3-4-5-14-20-13-10-12(2)11-19-16(13)21(14)9-6-15(22)18-8-7-17/h10-11H,3-9,17H2,1-2H3,(H,18,22). The van der Waals surface area contributed by atoms with Crippen LogP contribution in [0.1, 0.15) is 37.6 Å². The fourth-order valence-electron chi connectivity index (χ4n) is 2.43. The first-order chi connectivity index (χ1) is 10.7. The van der Waals surface area contributed by atoms with Crippen LogP contribution in [-0.4, -0.2) is 33.5 Å². The summed E-state index contributed by atoms with van der Waals surface area (Å²) < 4.78 is 2.08. The largest absolute Gasteiger partial charge is 0.355 e. The summed E-state index contributed by atoms with van der Waals surface area (Å²) in [5.41, 5.74) is 8.27. The highest BCUT2D eigenvalue weighted by molar-refractivity contribution is 5.76. The number of fused-ring (bicyclic) bond motifs is 1. The molecule has 0 aliphatic heterocycles. The summed E-state index contributed by atoms with van der Waals surface area (Å²) in [6.45, 7) is 5.75.